The minimum absolute atomic E-state index is 0.0792. The van der Waals surface area contributed by atoms with E-state index in [4.69, 9.17) is 11.6 Å². The van der Waals surface area contributed by atoms with Crippen LogP contribution in [0.3, 0.4) is 0 Å². The number of sulfonamides is 1. The van der Waals surface area contributed by atoms with Gasteiger partial charge in [-0.3, -0.25) is 4.79 Å². The lowest BCUT2D eigenvalue weighted by atomic mass is 9.92. The van der Waals surface area contributed by atoms with Gasteiger partial charge in [0.1, 0.15) is 5.54 Å². The molecule has 1 aromatic carbocycles. The smallest absolute Gasteiger partial charge is 0.325 e. The van der Waals surface area contributed by atoms with Gasteiger partial charge in [-0.15, -0.1) is 0 Å². The van der Waals surface area contributed by atoms with Crippen molar-refractivity contribution < 1.29 is 18.3 Å². The lowest BCUT2D eigenvalue weighted by Gasteiger charge is -2.33. The summed E-state index contributed by atoms with van der Waals surface area (Å²) in [5.74, 6) is -1.07. The molecule has 1 N–H and O–H groups in total. The van der Waals surface area contributed by atoms with Crippen molar-refractivity contribution in [2.24, 2.45) is 0 Å². The Bertz CT molecular complexity index is 629. The zero-order valence-corrected chi connectivity index (χ0v) is 13.3. The fourth-order valence-electron chi connectivity index (χ4n) is 2.92. The van der Waals surface area contributed by atoms with E-state index in [0.717, 1.165) is 4.31 Å². The topological polar surface area (TPSA) is 74.7 Å². The Labute approximate surface area is 129 Å². The van der Waals surface area contributed by atoms with Crippen LogP contribution in [-0.2, 0) is 14.8 Å². The molecule has 1 fully saturated rings. The number of carbonyl (C=O) groups is 1. The summed E-state index contributed by atoms with van der Waals surface area (Å²) in [7, 11) is -3.84. The summed E-state index contributed by atoms with van der Waals surface area (Å²) < 4.78 is 26.7. The third-order valence-electron chi connectivity index (χ3n) is 3.89. The first-order valence-electron chi connectivity index (χ1n) is 6.86. The average molecular weight is 332 g/mol. The van der Waals surface area contributed by atoms with Gasteiger partial charge in [0.15, 0.2) is 0 Å². The molecule has 0 aromatic heterocycles. The van der Waals surface area contributed by atoms with Crippen molar-refractivity contribution in [3.05, 3.63) is 29.3 Å². The Morgan fingerprint density at radius 3 is 2.52 bits per heavy atom. The van der Waals surface area contributed by atoms with Crippen LogP contribution in [0.5, 0.6) is 0 Å². The highest BCUT2D eigenvalue weighted by atomic mass is 35.5. The maximum atomic E-state index is 12.8. The highest BCUT2D eigenvalue weighted by Gasteiger charge is 2.52. The average Bonchev–Trinajstić information content (AvgIpc) is 2.85. The van der Waals surface area contributed by atoms with Crippen LogP contribution in [0.1, 0.15) is 32.6 Å². The number of aliphatic carboxylic acids is 1. The normalized spacial score (nSPS) is 23.3. The van der Waals surface area contributed by atoms with Gasteiger partial charge in [-0.05, 0) is 43.5 Å². The largest absolute Gasteiger partial charge is 0.480 e. The van der Waals surface area contributed by atoms with Crippen LogP contribution in [0, 0.1) is 0 Å². The maximum absolute atomic E-state index is 12.8. The van der Waals surface area contributed by atoms with E-state index in [-0.39, 0.29) is 11.4 Å². The fourth-order valence-corrected chi connectivity index (χ4v) is 4.87. The number of hydrogen-bond acceptors (Lipinski definition) is 3. The predicted octanol–water partition coefficient (Wildman–Crippen LogP) is 2.75. The summed E-state index contributed by atoms with van der Waals surface area (Å²) in [5, 5.41) is 10.0. The molecular formula is C14H18ClNO4S. The van der Waals surface area contributed by atoms with E-state index in [1.165, 1.54) is 24.3 Å². The van der Waals surface area contributed by atoms with Crippen molar-refractivity contribution in [1.82, 2.24) is 4.31 Å². The summed E-state index contributed by atoms with van der Waals surface area (Å²) in [6, 6.07) is 5.81. The molecule has 7 heteroatoms. The molecular weight excluding hydrogens is 314 g/mol. The Balaban J connectivity index is 2.47. The van der Waals surface area contributed by atoms with Gasteiger partial charge in [-0.25, -0.2) is 8.42 Å². The second-order valence-electron chi connectivity index (χ2n) is 5.22. The van der Waals surface area contributed by atoms with Crippen LogP contribution >= 0.6 is 11.6 Å². The number of carboxylic acids is 1. The Morgan fingerprint density at radius 2 is 2.00 bits per heavy atom. The Hall–Kier alpha value is -1.11. The van der Waals surface area contributed by atoms with Gasteiger partial charge < -0.3 is 5.11 Å². The fraction of sp³-hybridized carbons (Fsp3) is 0.500. The summed E-state index contributed by atoms with van der Waals surface area (Å²) in [4.78, 5) is 11.8. The Kier molecular flexibility index (Phi) is 4.60. The first-order valence-corrected chi connectivity index (χ1v) is 8.68. The monoisotopic (exact) mass is 331 g/mol. The van der Waals surface area contributed by atoms with Gasteiger partial charge >= 0.3 is 5.97 Å². The molecule has 0 amide bonds. The van der Waals surface area contributed by atoms with E-state index in [2.05, 4.69) is 0 Å². The van der Waals surface area contributed by atoms with Crippen LogP contribution < -0.4 is 0 Å². The van der Waals surface area contributed by atoms with Crippen molar-refractivity contribution in [1.29, 1.82) is 0 Å². The molecule has 1 heterocycles. The lowest BCUT2D eigenvalue weighted by Crippen LogP contribution is -2.52. The molecule has 1 atom stereocenters. The predicted molar refractivity (Wildman–Crippen MR) is 79.9 cm³/mol. The molecule has 5 nitrogen and oxygen atoms in total. The molecule has 1 aliphatic heterocycles. The van der Waals surface area contributed by atoms with Crippen LogP contribution in [0.2, 0.25) is 5.02 Å². The molecule has 0 radical (unpaired) electrons. The SMILES string of the molecule is CCCC1(C(=O)O)CCCN1S(=O)(=O)c1ccc(Cl)cc1. The van der Waals surface area contributed by atoms with Crippen LogP contribution in [0.15, 0.2) is 29.2 Å². The van der Waals surface area contributed by atoms with Crippen LogP contribution in [-0.4, -0.2) is 35.9 Å². The van der Waals surface area contributed by atoms with Crippen molar-refractivity contribution in [3.63, 3.8) is 0 Å². The molecule has 21 heavy (non-hydrogen) atoms. The number of halogens is 1. The van der Waals surface area contributed by atoms with E-state index < -0.39 is 21.5 Å². The first-order chi connectivity index (χ1) is 9.84. The van der Waals surface area contributed by atoms with E-state index in [1.807, 2.05) is 6.92 Å². The van der Waals surface area contributed by atoms with Gasteiger partial charge in [0, 0.05) is 11.6 Å². The number of rotatable bonds is 5. The standard InChI is InChI=1S/C14H18ClNO4S/c1-2-8-14(13(17)18)9-3-10-16(14)21(19,20)12-6-4-11(15)5-7-12/h4-7H,2-3,8-10H2,1H3,(H,17,18). The molecule has 0 saturated carbocycles. The van der Waals surface area contributed by atoms with Crippen molar-refractivity contribution in [3.8, 4) is 0 Å². The van der Waals surface area contributed by atoms with Gasteiger partial charge in [0.2, 0.25) is 10.0 Å². The second-order valence-corrected chi connectivity index (χ2v) is 7.52. The maximum Gasteiger partial charge on any atom is 0.325 e. The van der Waals surface area contributed by atoms with Gasteiger partial charge in [-0.1, -0.05) is 24.9 Å². The highest BCUT2D eigenvalue weighted by Crippen LogP contribution is 2.38. The van der Waals surface area contributed by atoms with Crippen molar-refractivity contribution >= 4 is 27.6 Å². The molecule has 1 aromatic rings. The van der Waals surface area contributed by atoms with Crippen molar-refractivity contribution in [2.45, 2.75) is 43.0 Å². The summed E-state index contributed by atoms with van der Waals surface area (Å²) in [6.07, 6.45) is 1.83. The molecule has 116 valence electrons. The first kappa shape index (κ1) is 16.3. The van der Waals surface area contributed by atoms with Crippen LogP contribution in [0.25, 0.3) is 0 Å². The quantitative estimate of drug-likeness (QED) is 0.900. The second kappa shape index (κ2) is 5.94. The number of hydrogen-bond donors (Lipinski definition) is 1. The zero-order chi connectivity index (χ0) is 15.7. The molecule has 2 rings (SSSR count). The molecule has 0 spiro atoms. The number of benzene rings is 1. The highest BCUT2D eigenvalue weighted by molar-refractivity contribution is 7.89. The molecule has 1 aliphatic rings. The van der Waals surface area contributed by atoms with Gasteiger partial charge in [-0.2, -0.15) is 4.31 Å². The number of nitrogens with zero attached hydrogens (tertiary/aromatic N) is 1. The molecule has 0 bridgehead atoms. The molecule has 1 unspecified atom stereocenters. The van der Waals surface area contributed by atoms with Gasteiger partial charge in [0.25, 0.3) is 0 Å². The van der Waals surface area contributed by atoms with E-state index in [0.29, 0.717) is 30.7 Å². The van der Waals surface area contributed by atoms with E-state index >= 15 is 0 Å². The number of carboxylic acid groups (broad SMARTS) is 1. The summed E-state index contributed by atoms with van der Waals surface area (Å²) in [6.45, 7) is 2.09. The van der Waals surface area contributed by atoms with Crippen LogP contribution in [0.4, 0.5) is 0 Å². The van der Waals surface area contributed by atoms with E-state index in [1.54, 1.807) is 0 Å². The zero-order valence-electron chi connectivity index (χ0n) is 11.8. The molecule has 1 saturated heterocycles. The van der Waals surface area contributed by atoms with Crippen molar-refractivity contribution in [2.75, 3.05) is 6.54 Å². The summed E-state index contributed by atoms with van der Waals surface area (Å²) >= 11 is 5.78. The minimum atomic E-state index is -3.84. The minimum Gasteiger partial charge on any atom is -0.480 e. The van der Waals surface area contributed by atoms with E-state index in [9.17, 15) is 18.3 Å². The molecule has 0 aliphatic carbocycles. The third kappa shape index (κ3) is 2.80. The lowest BCUT2D eigenvalue weighted by molar-refractivity contribution is -0.147. The third-order valence-corrected chi connectivity index (χ3v) is 6.12. The summed E-state index contributed by atoms with van der Waals surface area (Å²) in [5.41, 5.74) is -1.33. The Morgan fingerprint density at radius 1 is 1.38 bits per heavy atom. The van der Waals surface area contributed by atoms with Gasteiger partial charge in [0.05, 0.1) is 4.90 Å².